The molecule has 3 nitrogen and oxygen atoms in total. The highest BCUT2D eigenvalue weighted by atomic mass is 32.1. The van der Waals surface area contributed by atoms with Gasteiger partial charge in [-0.25, -0.2) is 0 Å². The minimum atomic E-state index is -0.0108. The Morgan fingerprint density at radius 1 is 1.22 bits per heavy atom. The summed E-state index contributed by atoms with van der Waals surface area (Å²) < 4.78 is 5.67. The Labute approximate surface area is 142 Å². The van der Waals surface area contributed by atoms with Crippen molar-refractivity contribution in [3.05, 3.63) is 51.2 Å². The molecule has 1 aromatic carbocycles. The first-order chi connectivity index (χ1) is 10.9. The lowest BCUT2D eigenvalue weighted by atomic mass is 9.98. The molecule has 0 saturated heterocycles. The van der Waals surface area contributed by atoms with E-state index in [1.807, 2.05) is 19.2 Å². The zero-order valence-electron chi connectivity index (χ0n) is 14.6. The van der Waals surface area contributed by atoms with Crippen molar-refractivity contribution < 1.29 is 9.53 Å². The minimum absolute atomic E-state index is 0.0108. The molecule has 0 fully saturated rings. The molecule has 1 heterocycles. The predicted octanol–water partition coefficient (Wildman–Crippen LogP) is 4.53. The minimum Gasteiger partial charge on any atom is -0.484 e. The molecule has 0 aliphatic carbocycles. The fraction of sp³-hybridized carbons (Fsp3) is 0.421. The van der Waals surface area contributed by atoms with Gasteiger partial charge in [0.05, 0.1) is 6.54 Å². The maximum Gasteiger partial charge on any atom is 0.260 e. The zero-order chi connectivity index (χ0) is 17.0. The maximum atomic E-state index is 12.2. The van der Waals surface area contributed by atoms with Gasteiger partial charge in [0.15, 0.2) is 6.61 Å². The second kappa shape index (κ2) is 7.64. The molecular formula is C19H25NO2S. The molecule has 0 spiro atoms. The summed E-state index contributed by atoms with van der Waals surface area (Å²) in [6.45, 7) is 9.20. The summed E-state index contributed by atoms with van der Waals surface area (Å²) in [5.41, 5.74) is 3.75. The fourth-order valence-electron chi connectivity index (χ4n) is 2.51. The molecule has 0 bridgehead atoms. The first-order valence-electron chi connectivity index (χ1n) is 7.88. The molecule has 23 heavy (non-hydrogen) atoms. The number of hydrogen-bond donors (Lipinski definition) is 0. The molecule has 0 N–H and O–H groups in total. The Balaban J connectivity index is 1.91. The molecule has 0 atom stereocenters. The maximum absolute atomic E-state index is 12.2. The second-order valence-electron chi connectivity index (χ2n) is 6.24. The third kappa shape index (κ3) is 4.58. The number of carbonyl (C=O) groups excluding carboxylic acids is 1. The van der Waals surface area contributed by atoms with E-state index in [-0.39, 0.29) is 12.5 Å². The van der Waals surface area contributed by atoms with Crippen LogP contribution < -0.4 is 4.74 Å². The Hall–Kier alpha value is -1.81. The first-order valence-corrected chi connectivity index (χ1v) is 8.76. The van der Waals surface area contributed by atoms with Gasteiger partial charge in [-0.2, -0.15) is 0 Å². The van der Waals surface area contributed by atoms with Crippen LogP contribution in [0.5, 0.6) is 5.75 Å². The van der Waals surface area contributed by atoms with Gasteiger partial charge in [0, 0.05) is 11.9 Å². The van der Waals surface area contributed by atoms with Gasteiger partial charge in [-0.1, -0.05) is 19.9 Å². The van der Waals surface area contributed by atoms with E-state index in [0.29, 0.717) is 12.5 Å². The monoisotopic (exact) mass is 331 g/mol. The van der Waals surface area contributed by atoms with Gasteiger partial charge < -0.3 is 9.64 Å². The smallest absolute Gasteiger partial charge is 0.260 e. The predicted molar refractivity (Wildman–Crippen MR) is 96.3 cm³/mol. The quantitative estimate of drug-likeness (QED) is 0.778. The Kier molecular flexibility index (Phi) is 5.83. The van der Waals surface area contributed by atoms with Gasteiger partial charge in [0.25, 0.3) is 5.91 Å². The number of amides is 1. The first kappa shape index (κ1) is 17.5. The number of ether oxygens (including phenoxy) is 1. The van der Waals surface area contributed by atoms with Crippen LogP contribution in [0.2, 0.25) is 0 Å². The number of benzene rings is 1. The van der Waals surface area contributed by atoms with E-state index < -0.39 is 0 Å². The molecule has 1 aromatic heterocycles. The molecule has 2 rings (SSSR count). The molecule has 0 unspecified atom stereocenters. The van der Waals surface area contributed by atoms with E-state index in [1.54, 1.807) is 16.2 Å². The van der Waals surface area contributed by atoms with E-state index in [9.17, 15) is 4.79 Å². The normalized spacial score (nSPS) is 10.9. The largest absolute Gasteiger partial charge is 0.484 e. The van der Waals surface area contributed by atoms with Crippen LogP contribution in [0.1, 0.15) is 41.3 Å². The Morgan fingerprint density at radius 3 is 2.52 bits per heavy atom. The summed E-state index contributed by atoms with van der Waals surface area (Å²) >= 11 is 1.68. The van der Waals surface area contributed by atoms with Crippen LogP contribution in [0.3, 0.4) is 0 Å². The van der Waals surface area contributed by atoms with Crippen LogP contribution in [-0.2, 0) is 11.3 Å². The topological polar surface area (TPSA) is 29.5 Å². The van der Waals surface area contributed by atoms with Gasteiger partial charge in [-0.3, -0.25) is 4.79 Å². The number of hydrogen-bond acceptors (Lipinski definition) is 3. The van der Waals surface area contributed by atoms with Crippen LogP contribution in [0, 0.1) is 13.8 Å². The fourth-order valence-corrected chi connectivity index (χ4v) is 3.47. The van der Waals surface area contributed by atoms with Crippen molar-refractivity contribution in [2.45, 2.75) is 40.2 Å². The highest BCUT2D eigenvalue weighted by molar-refractivity contribution is 7.10. The van der Waals surface area contributed by atoms with Crippen LogP contribution in [0.15, 0.2) is 29.6 Å². The van der Waals surface area contributed by atoms with Gasteiger partial charge >= 0.3 is 0 Å². The van der Waals surface area contributed by atoms with Crippen molar-refractivity contribution in [1.29, 1.82) is 0 Å². The van der Waals surface area contributed by atoms with Gasteiger partial charge in [0.2, 0.25) is 0 Å². The molecule has 124 valence electrons. The lowest BCUT2D eigenvalue weighted by Gasteiger charge is -2.18. The molecule has 0 aliphatic rings. The molecule has 0 radical (unpaired) electrons. The van der Waals surface area contributed by atoms with Crippen LogP contribution >= 0.6 is 11.3 Å². The third-order valence-electron chi connectivity index (χ3n) is 4.00. The lowest BCUT2D eigenvalue weighted by molar-refractivity contribution is -0.132. The van der Waals surface area contributed by atoms with Crippen molar-refractivity contribution in [3.63, 3.8) is 0 Å². The van der Waals surface area contributed by atoms with Crippen molar-refractivity contribution in [3.8, 4) is 5.75 Å². The van der Waals surface area contributed by atoms with Crippen molar-refractivity contribution in [2.24, 2.45) is 0 Å². The molecule has 1 amide bonds. The second-order valence-corrected chi connectivity index (χ2v) is 7.24. The van der Waals surface area contributed by atoms with Gasteiger partial charge in [-0.15, -0.1) is 11.3 Å². The average Bonchev–Trinajstić information content (AvgIpc) is 2.89. The summed E-state index contributed by atoms with van der Waals surface area (Å²) in [6.07, 6.45) is 0. The van der Waals surface area contributed by atoms with E-state index in [1.165, 1.54) is 21.6 Å². The lowest BCUT2D eigenvalue weighted by Crippen LogP contribution is -2.30. The van der Waals surface area contributed by atoms with Crippen molar-refractivity contribution in [2.75, 3.05) is 13.7 Å². The van der Waals surface area contributed by atoms with E-state index in [2.05, 4.69) is 45.2 Å². The summed E-state index contributed by atoms with van der Waals surface area (Å²) in [5, 5.41) is 2.05. The van der Waals surface area contributed by atoms with E-state index in [4.69, 9.17) is 4.74 Å². The summed E-state index contributed by atoms with van der Waals surface area (Å²) in [6, 6.07) is 8.11. The number of carbonyl (C=O) groups is 1. The number of likely N-dealkylation sites (N-methyl/N-ethyl adjacent to an activating group) is 1. The SMILES string of the molecule is Cc1cc(OCC(=O)N(C)Cc2sccc2C)ccc1C(C)C. The Morgan fingerprint density at radius 2 is 1.96 bits per heavy atom. The standard InChI is InChI=1S/C19H25NO2S/c1-13(2)17-7-6-16(10-15(17)4)22-12-19(21)20(5)11-18-14(3)8-9-23-18/h6-10,13H,11-12H2,1-5H3. The molecule has 4 heteroatoms. The Bertz CT molecular complexity index is 676. The van der Waals surface area contributed by atoms with E-state index in [0.717, 1.165) is 5.75 Å². The van der Waals surface area contributed by atoms with Crippen LogP contribution in [0.25, 0.3) is 0 Å². The van der Waals surface area contributed by atoms with Crippen molar-refractivity contribution in [1.82, 2.24) is 4.90 Å². The van der Waals surface area contributed by atoms with Crippen LogP contribution in [-0.4, -0.2) is 24.5 Å². The average molecular weight is 331 g/mol. The van der Waals surface area contributed by atoms with Crippen LogP contribution in [0.4, 0.5) is 0 Å². The van der Waals surface area contributed by atoms with Gasteiger partial charge in [-0.05, 0) is 60.0 Å². The number of rotatable bonds is 6. The summed E-state index contributed by atoms with van der Waals surface area (Å²) in [5.74, 6) is 1.23. The number of nitrogens with zero attached hydrogens (tertiary/aromatic N) is 1. The molecule has 0 aliphatic heterocycles. The highest BCUT2D eigenvalue weighted by Crippen LogP contribution is 2.23. The molecule has 0 saturated carbocycles. The van der Waals surface area contributed by atoms with E-state index >= 15 is 0 Å². The molecular weight excluding hydrogens is 306 g/mol. The molecule has 2 aromatic rings. The number of aryl methyl sites for hydroxylation is 2. The van der Waals surface area contributed by atoms with Gasteiger partial charge in [0.1, 0.15) is 5.75 Å². The third-order valence-corrected chi connectivity index (χ3v) is 5.01. The highest BCUT2D eigenvalue weighted by Gasteiger charge is 2.12. The summed E-state index contributed by atoms with van der Waals surface area (Å²) in [7, 11) is 1.82. The summed E-state index contributed by atoms with van der Waals surface area (Å²) in [4.78, 5) is 15.2. The van der Waals surface area contributed by atoms with Crippen molar-refractivity contribution >= 4 is 17.2 Å². The number of thiophene rings is 1. The zero-order valence-corrected chi connectivity index (χ0v) is 15.4.